The maximum Gasteiger partial charge on any atom is 0.331 e. The van der Waals surface area contributed by atoms with Crippen molar-refractivity contribution >= 4 is 23.9 Å². The number of carbonyl (C=O) groups excluding carboxylic acids is 3. The maximum absolute atomic E-state index is 13.2. The highest BCUT2D eigenvalue weighted by atomic mass is 16.5. The van der Waals surface area contributed by atoms with E-state index in [1.54, 1.807) is 13.2 Å². The minimum Gasteiger partial charge on any atom is -0.497 e. The molecule has 2 aliphatic rings. The van der Waals surface area contributed by atoms with Crippen LogP contribution < -0.4 is 14.8 Å². The Bertz CT molecular complexity index is 1380. The summed E-state index contributed by atoms with van der Waals surface area (Å²) in [5.74, 6) is 0.980. The van der Waals surface area contributed by atoms with Gasteiger partial charge in [0.25, 0.3) is 11.8 Å². The summed E-state index contributed by atoms with van der Waals surface area (Å²) in [5, 5.41) is 2.34. The third kappa shape index (κ3) is 4.74. The van der Waals surface area contributed by atoms with Crippen molar-refractivity contribution in [1.82, 2.24) is 14.8 Å². The molecule has 4 amide bonds. The average Bonchev–Trinajstić information content (AvgIpc) is 3.50. The van der Waals surface area contributed by atoms with E-state index < -0.39 is 17.8 Å². The fourth-order valence-corrected chi connectivity index (χ4v) is 5.09. The van der Waals surface area contributed by atoms with Crippen molar-refractivity contribution in [3.63, 3.8) is 0 Å². The number of barbiturate groups is 1. The molecular weight excluding hydrogens is 470 g/mol. The van der Waals surface area contributed by atoms with Crippen LogP contribution in [-0.2, 0) is 9.59 Å². The Morgan fingerprint density at radius 2 is 1.49 bits per heavy atom. The molecule has 1 aliphatic heterocycles. The molecule has 0 spiro atoms. The zero-order valence-corrected chi connectivity index (χ0v) is 21.1. The SMILES string of the molecule is COc1ccc(Oc2ccc(-n3c(C)cc(/C=C4/C(=O)NC(=O)N(C5CCCC5)C4=O)c3C)cc2)cc1. The lowest BCUT2D eigenvalue weighted by atomic mass is 10.1. The molecule has 1 saturated heterocycles. The molecule has 190 valence electrons. The quantitative estimate of drug-likeness (QED) is 0.367. The first-order valence-electron chi connectivity index (χ1n) is 12.4. The van der Waals surface area contributed by atoms with Crippen LogP contribution in [0, 0.1) is 13.8 Å². The smallest absolute Gasteiger partial charge is 0.331 e. The van der Waals surface area contributed by atoms with Crippen LogP contribution in [0.2, 0.25) is 0 Å². The van der Waals surface area contributed by atoms with E-state index in [1.165, 1.54) is 4.90 Å². The standard InChI is InChI=1S/C29H29N3O5/c1-18-16-20(17-26-27(33)30-29(35)32(28(26)34)21-6-4-5-7-21)19(2)31(18)22-8-10-24(11-9-22)37-25-14-12-23(36-3)13-15-25/h8-17,21H,4-7H2,1-3H3,(H,30,33,35)/b26-17-. The first kappa shape index (κ1) is 24.4. The van der Waals surface area contributed by atoms with Crippen LogP contribution in [0.1, 0.15) is 42.6 Å². The minimum atomic E-state index is -0.658. The summed E-state index contributed by atoms with van der Waals surface area (Å²) >= 11 is 0. The molecule has 8 nitrogen and oxygen atoms in total. The molecule has 8 heteroatoms. The summed E-state index contributed by atoms with van der Waals surface area (Å²) < 4.78 is 13.2. The molecule has 0 unspecified atom stereocenters. The summed E-state index contributed by atoms with van der Waals surface area (Å²) in [4.78, 5) is 39.4. The van der Waals surface area contributed by atoms with Crippen LogP contribution in [0.25, 0.3) is 11.8 Å². The van der Waals surface area contributed by atoms with Crippen molar-refractivity contribution in [2.75, 3.05) is 7.11 Å². The molecule has 1 saturated carbocycles. The van der Waals surface area contributed by atoms with Crippen molar-refractivity contribution < 1.29 is 23.9 Å². The number of amides is 4. The number of imide groups is 2. The van der Waals surface area contributed by atoms with Gasteiger partial charge < -0.3 is 14.0 Å². The molecule has 1 aliphatic carbocycles. The van der Waals surface area contributed by atoms with E-state index in [1.807, 2.05) is 68.4 Å². The minimum absolute atomic E-state index is 0.0185. The van der Waals surface area contributed by atoms with Crippen molar-refractivity contribution in [2.45, 2.75) is 45.6 Å². The van der Waals surface area contributed by atoms with E-state index >= 15 is 0 Å². The van der Waals surface area contributed by atoms with Gasteiger partial charge in [-0.15, -0.1) is 0 Å². The highest BCUT2D eigenvalue weighted by Crippen LogP contribution is 2.30. The summed E-state index contributed by atoms with van der Waals surface area (Å²) in [6.45, 7) is 3.90. The molecule has 37 heavy (non-hydrogen) atoms. The van der Waals surface area contributed by atoms with Crippen LogP contribution in [0.4, 0.5) is 4.79 Å². The van der Waals surface area contributed by atoms with Crippen LogP contribution in [-0.4, -0.2) is 40.5 Å². The second-order valence-corrected chi connectivity index (χ2v) is 9.36. The second-order valence-electron chi connectivity index (χ2n) is 9.36. The fourth-order valence-electron chi connectivity index (χ4n) is 5.09. The Labute approximate surface area is 215 Å². The number of nitrogens with zero attached hydrogens (tertiary/aromatic N) is 2. The lowest BCUT2D eigenvalue weighted by Gasteiger charge is -2.31. The molecule has 1 N–H and O–H groups in total. The van der Waals surface area contributed by atoms with Gasteiger partial charge in [-0.25, -0.2) is 4.79 Å². The topological polar surface area (TPSA) is 89.9 Å². The van der Waals surface area contributed by atoms with Crippen LogP contribution in [0.5, 0.6) is 17.2 Å². The predicted molar refractivity (Wildman–Crippen MR) is 139 cm³/mol. The third-order valence-electron chi connectivity index (χ3n) is 6.98. The van der Waals surface area contributed by atoms with Gasteiger partial charge in [0.15, 0.2) is 0 Å². The van der Waals surface area contributed by atoms with Crippen LogP contribution >= 0.6 is 0 Å². The Kier molecular flexibility index (Phi) is 6.56. The molecule has 3 aromatic rings. The summed E-state index contributed by atoms with van der Waals surface area (Å²) in [5.41, 5.74) is 3.47. The van der Waals surface area contributed by atoms with Gasteiger partial charge in [-0.1, -0.05) is 12.8 Å². The Morgan fingerprint density at radius 3 is 2.11 bits per heavy atom. The van der Waals surface area contributed by atoms with E-state index in [0.29, 0.717) is 11.5 Å². The monoisotopic (exact) mass is 499 g/mol. The number of hydrogen-bond acceptors (Lipinski definition) is 5. The Balaban J connectivity index is 1.39. The second kappa shape index (κ2) is 9.97. The summed E-state index contributed by atoms with van der Waals surface area (Å²) in [6, 6.07) is 16.2. The van der Waals surface area contributed by atoms with Gasteiger partial charge in [-0.3, -0.25) is 19.8 Å². The van der Waals surface area contributed by atoms with Gasteiger partial charge in [-0.05, 0) is 92.9 Å². The Hall–Kier alpha value is -4.33. The van der Waals surface area contributed by atoms with E-state index in [9.17, 15) is 14.4 Å². The van der Waals surface area contributed by atoms with Crippen molar-refractivity contribution in [2.24, 2.45) is 0 Å². The molecular formula is C29H29N3O5. The van der Waals surface area contributed by atoms with Crippen LogP contribution in [0.3, 0.4) is 0 Å². The summed E-state index contributed by atoms with van der Waals surface area (Å²) in [7, 11) is 1.62. The number of rotatable bonds is 6. The highest BCUT2D eigenvalue weighted by Gasteiger charge is 2.40. The van der Waals surface area contributed by atoms with Crippen molar-refractivity contribution in [1.29, 1.82) is 0 Å². The molecule has 0 bridgehead atoms. The predicted octanol–water partition coefficient (Wildman–Crippen LogP) is 5.30. The average molecular weight is 500 g/mol. The van der Waals surface area contributed by atoms with Crippen molar-refractivity contribution in [3.8, 4) is 22.9 Å². The maximum atomic E-state index is 13.2. The number of aryl methyl sites for hydroxylation is 1. The fraction of sp³-hybridized carbons (Fsp3) is 0.276. The first-order chi connectivity index (χ1) is 17.9. The number of benzene rings is 2. The number of carbonyl (C=O) groups is 3. The number of methoxy groups -OCH3 is 1. The molecule has 2 fully saturated rings. The van der Waals surface area contributed by atoms with Gasteiger partial charge in [0, 0.05) is 23.1 Å². The van der Waals surface area contributed by atoms with Gasteiger partial charge in [0.05, 0.1) is 7.11 Å². The lowest BCUT2D eigenvalue weighted by Crippen LogP contribution is -2.57. The number of urea groups is 1. The zero-order chi connectivity index (χ0) is 26.1. The first-order valence-corrected chi connectivity index (χ1v) is 12.4. The lowest BCUT2D eigenvalue weighted by molar-refractivity contribution is -0.131. The van der Waals surface area contributed by atoms with E-state index in [2.05, 4.69) is 9.88 Å². The van der Waals surface area contributed by atoms with E-state index in [4.69, 9.17) is 9.47 Å². The number of aromatic nitrogens is 1. The normalized spacial score (nSPS) is 17.4. The molecule has 0 atom stereocenters. The number of nitrogens with one attached hydrogen (secondary N) is 1. The van der Waals surface area contributed by atoms with E-state index in [-0.39, 0.29) is 11.6 Å². The zero-order valence-electron chi connectivity index (χ0n) is 21.1. The van der Waals surface area contributed by atoms with E-state index in [0.717, 1.165) is 54.1 Å². The molecule has 1 aromatic heterocycles. The van der Waals surface area contributed by atoms with Gasteiger partial charge in [-0.2, -0.15) is 0 Å². The molecule has 5 rings (SSSR count). The molecule has 0 radical (unpaired) electrons. The highest BCUT2D eigenvalue weighted by molar-refractivity contribution is 6.31. The number of ether oxygens (including phenoxy) is 2. The Morgan fingerprint density at radius 1 is 0.892 bits per heavy atom. The van der Waals surface area contributed by atoms with Gasteiger partial charge in [0.2, 0.25) is 0 Å². The van der Waals surface area contributed by atoms with Crippen LogP contribution in [0.15, 0.2) is 60.2 Å². The van der Waals surface area contributed by atoms with Crippen molar-refractivity contribution in [3.05, 3.63) is 77.1 Å². The molecule has 2 heterocycles. The van der Waals surface area contributed by atoms with Gasteiger partial charge in [0.1, 0.15) is 22.8 Å². The third-order valence-corrected chi connectivity index (χ3v) is 6.98. The molecule has 2 aromatic carbocycles. The van der Waals surface area contributed by atoms with Gasteiger partial charge >= 0.3 is 6.03 Å². The number of hydrogen-bond donors (Lipinski definition) is 1. The summed E-state index contributed by atoms with van der Waals surface area (Å²) in [6.07, 6.45) is 5.08. The largest absolute Gasteiger partial charge is 0.497 e.